The molecule has 1 aliphatic heterocycles. The minimum Gasteiger partial charge on any atom is -0.462 e. The lowest BCUT2D eigenvalue weighted by atomic mass is 9.88. The molecule has 1 N–H and O–H groups in total. The van der Waals surface area contributed by atoms with Crippen molar-refractivity contribution < 1.29 is 14.6 Å². The zero-order valence-electron chi connectivity index (χ0n) is 5.63. The number of carbonyl (C=O) groups is 1. The van der Waals surface area contributed by atoms with Crippen LogP contribution in [0.25, 0.3) is 0 Å². The van der Waals surface area contributed by atoms with Crippen molar-refractivity contribution in [1.82, 2.24) is 0 Å². The van der Waals surface area contributed by atoms with Crippen molar-refractivity contribution in [1.29, 1.82) is 0 Å². The largest absolute Gasteiger partial charge is 0.462 e. The molecular weight excluding hydrogens is 132 g/mol. The molecule has 0 aromatic heterocycles. The first kappa shape index (κ1) is 7.10. The Bertz CT molecular complexity index is 203. The maximum atomic E-state index is 10.6. The molecule has 1 aliphatic rings. The summed E-state index contributed by atoms with van der Waals surface area (Å²) in [6.45, 7) is 1.73. The topological polar surface area (TPSA) is 46.5 Å². The summed E-state index contributed by atoms with van der Waals surface area (Å²) in [6, 6.07) is 0. The van der Waals surface area contributed by atoms with Gasteiger partial charge in [-0.05, 0) is 6.92 Å². The van der Waals surface area contributed by atoms with Gasteiger partial charge in [0, 0.05) is 0 Å². The highest BCUT2D eigenvalue weighted by molar-refractivity contribution is 5.78. The van der Waals surface area contributed by atoms with Gasteiger partial charge in [0.05, 0.1) is 5.41 Å². The second kappa shape index (κ2) is 1.99. The first-order valence-electron chi connectivity index (χ1n) is 2.92. The Morgan fingerprint density at radius 2 is 2.60 bits per heavy atom. The van der Waals surface area contributed by atoms with Crippen molar-refractivity contribution >= 4 is 5.97 Å². The Hall–Kier alpha value is -1.01. The van der Waals surface area contributed by atoms with Gasteiger partial charge in [0.25, 0.3) is 0 Å². The van der Waals surface area contributed by atoms with E-state index in [0.29, 0.717) is 0 Å². The summed E-state index contributed by atoms with van der Waals surface area (Å²) in [5, 5.41) is 9.10. The molecule has 0 amide bonds. The van der Waals surface area contributed by atoms with Gasteiger partial charge >= 0.3 is 5.97 Å². The van der Waals surface area contributed by atoms with Gasteiger partial charge in [-0.25, -0.2) is 4.79 Å². The molecule has 10 heavy (non-hydrogen) atoms. The van der Waals surface area contributed by atoms with Gasteiger partial charge in [0.1, 0.15) is 6.61 Å². The molecule has 0 aliphatic carbocycles. The van der Waals surface area contributed by atoms with Crippen LogP contribution in [0.5, 0.6) is 0 Å². The smallest absolute Gasteiger partial charge is 0.336 e. The average Bonchev–Trinajstić information content (AvgIpc) is 2.19. The maximum absolute atomic E-state index is 10.6. The Balaban J connectivity index is 2.86. The molecule has 1 saturated heterocycles. The summed E-state index contributed by atoms with van der Waals surface area (Å²) < 4.78 is 4.54. The van der Waals surface area contributed by atoms with Crippen LogP contribution in [0.2, 0.25) is 0 Å². The van der Waals surface area contributed by atoms with E-state index in [2.05, 4.69) is 10.7 Å². The minimum atomic E-state index is -1.16. The lowest BCUT2D eigenvalue weighted by Crippen LogP contribution is -2.30. The van der Waals surface area contributed by atoms with Gasteiger partial charge in [-0.1, -0.05) is 5.92 Å². The highest BCUT2D eigenvalue weighted by atomic mass is 16.6. The molecule has 0 radical (unpaired) electrons. The highest BCUT2D eigenvalue weighted by Gasteiger charge is 2.44. The first-order valence-corrected chi connectivity index (χ1v) is 2.92. The van der Waals surface area contributed by atoms with Gasteiger partial charge in [0.2, 0.25) is 0 Å². The molecule has 54 valence electrons. The molecule has 0 aromatic rings. The number of esters is 1. The maximum Gasteiger partial charge on any atom is 0.336 e. The molecule has 1 fully saturated rings. The monoisotopic (exact) mass is 140 g/mol. The van der Waals surface area contributed by atoms with E-state index in [-0.39, 0.29) is 6.61 Å². The molecule has 2 atom stereocenters. The SMILES string of the molecule is C#C[C@@]1(C)COC(=O)[C@@H]1O. The molecule has 0 bridgehead atoms. The third-order valence-corrected chi connectivity index (χ3v) is 1.67. The molecule has 0 aromatic carbocycles. The van der Waals surface area contributed by atoms with Crippen molar-refractivity contribution in [3.05, 3.63) is 0 Å². The summed E-state index contributed by atoms with van der Waals surface area (Å²) in [7, 11) is 0. The van der Waals surface area contributed by atoms with E-state index in [0.717, 1.165) is 0 Å². The molecular formula is C7H8O3. The lowest BCUT2D eigenvalue weighted by Gasteiger charge is -2.14. The van der Waals surface area contributed by atoms with E-state index in [4.69, 9.17) is 11.5 Å². The van der Waals surface area contributed by atoms with Crippen molar-refractivity contribution in [2.45, 2.75) is 13.0 Å². The van der Waals surface area contributed by atoms with Crippen LogP contribution < -0.4 is 0 Å². The number of hydrogen-bond donors (Lipinski definition) is 1. The number of terminal acetylenes is 1. The molecule has 0 spiro atoms. The van der Waals surface area contributed by atoms with Gasteiger partial charge in [-0.2, -0.15) is 0 Å². The normalized spacial score (nSPS) is 38.9. The van der Waals surface area contributed by atoms with Crippen LogP contribution in [0.15, 0.2) is 0 Å². The zero-order valence-corrected chi connectivity index (χ0v) is 5.63. The van der Waals surface area contributed by atoms with Gasteiger partial charge in [-0.3, -0.25) is 0 Å². The van der Waals surface area contributed by atoms with Crippen LogP contribution in [0.4, 0.5) is 0 Å². The zero-order chi connectivity index (χ0) is 7.78. The summed E-state index contributed by atoms with van der Waals surface area (Å²) in [5.41, 5.74) is -0.822. The van der Waals surface area contributed by atoms with E-state index in [9.17, 15) is 4.79 Å². The summed E-state index contributed by atoms with van der Waals surface area (Å²) in [4.78, 5) is 10.6. The standard InChI is InChI=1S/C7H8O3/c1-3-7(2)4-10-6(9)5(7)8/h1,5,8H,4H2,2H3/t5-,7-/m0/s1. The molecule has 0 saturated carbocycles. The Labute approximate surface area is 59.0 Å². The third kappa shape index (κ3) is 0.775. The average molecular weight is 140 g/mol. The fraction of sp³-hybridized carbons (Fsp3) is 0.571. The molecule has 3 nitrogen and oxygen atoms in total. The van der Waals surface area contributed by atoms with Crippen LogP contribution in [-0.2, 0) is 9.53 Å². The van der Waals surface area contributed by atoms with Crippen molar-refractivity contribution in [3.63, 3.8) is 0 Å². The second-order valence-electron chi connectivity index (χ2n) is 2.57. The van der Waals surface area contributed by atoms with Gasteiger partial charge < -0.3 is 9.84 Å². The number of aliphatic hydroxyl groups excluding tert-OH is 1. The molecule has 1 heterocycles. The first-order chi connectivity index (χ1) is 4.60. The molecule has 0 unspecified atom stereocenters. The van der Waals surface area contributed by atoms with Crippen LogP contribution in [0.3, 0.4) is 0 Å². The van der Waals surface area contributed by atoms with Crippen molar-refractivity contribution in [2.75, 3.05) is 6.61 Å². The molecule has 1 rings (SSSR count). The van der Waals surface area contributed by atoms with Crippen LogP contribution in [-0.4, -0.2) is 23.8 Å². The van der Waals surface area contributed by atoms with E-state index in [1.165, 1.54) is 0 Å². The summed E-state index contributed by atoms with van der Waals surface area (Å²) >= 11 is 0. The van der Waals surface area contributed by atoms with Gasteiger partial charge in [0.15, 0.2) is 6.10 Å². The van der Waals surface area contributed by atoms with E-state index in [1.54, 1.807) is 6.92 Å². The van der Waals surface area contributed by atoms with Crippen LogP contribution >= 0.6 is 0 Å². The Kier molecular flexibility index (Phi) is 1.42. The van der Waals surface area contributed by atoms with Crippen LogP contribution in [0, 0.1) is 17.8 Å². The third-order valence-electron chi connectivity index (χ3n) is 1.67. The second-order valence-corrected chi connectivity index (χ2v) is 2.57. The number of aliphatic hydroxyl groups is 1. The fourth-order valence-electron chi connectivity index (χ4n) is 0.760. The fourth-order valence-corrected chi connectivity index (χ4v) is 0.760. The number of carbonyl (C=O) groups excluding carboxylic acids is 1. The van der Waals surface area contributed by atoms with Crippen molar-refractivity contribution in [2.24, 2.45) is 5.41 Å². The minimum absolute atomic E-state index is 0.115. The number of hydrogen-bond acceptors (Lipinski definition) is 3. The molecule has 3 heteroatoms. The van der Waals surface area contributed by atoms with Crippen molar-refractivity contribution in [3.8, 4) is 12.3 Å². The number of cyclic esters (lactones) is 1. The van der Waals surface area contributed by atoms with Crippen LogP contribution in [0.1, 0.15) is 6.92 Å². The van der Waals surface area contributed by atoms with E-state index < -0.39 is 17.5 Å². The van der Waals surface area contributed by atoms with Gasteiger partial charge in [-0.15, -0.1) is 6.42 Å². The van der Waals surface area contributed by atoms with E-state index in [1.807, 2.05) is 0 Å². The summed E-state index contributed by atoms with van der Waals surface area (Å²) in [6.07, 6.45) is 3.92. The Morgan fingerprint density at radius 3 is 2.80 bits per heavy atom. The highest BCUT2D eigenvalue weighted by Crippen LogP contribution is 2.27. The predicted octanol–water partition coefficient (Wildman–Crippen LogP) is -0.456. The number of ether oxygens (including phenoxy) is 1. The number of rotatable bonds is 0. The van der Waals surface area contributed by atoms with E-state index >= 15 is 0 Å². The summed E-state index contributed by atoms with van der Waals surface area (Å²) in [5.74, 6) is 1.70. The Morgan fingerprint density at radius 1 is 2.00 bits per heavy atom. The predicted molar refractivity (Wildman–Crippen MR) is 33.9 cm³/mol. The quantitative estimate of drug-likeness (QED) is 0.366. The lowest BCUT2D eigenvalue weighted by molar-refractivity contribution is -0.144.